The summed E-state index contributed by atoms with van der Waals surface area (Å²) in [6, 6.07) is 14.8. The van der Waals surface area contributed by atoms with E-state index in [2.05, 4.69) is 9.97 Å². The number of carbonyl (C=O) groups excluding carboxylic acids is 2. The highest BCUT2D eigenvalue weighted by Gasteiger charge is 2.28. The number of benzene rings is 2. The zero-order valence-corrected chi connectivity index (χ0v) is 22.4. The number of hydrogen-bond acceptors (Lipinski definition) is 6. The number of allylic oxidation sites excluding steroid dienone is 2. The van der Waals surface area contributed by atoms with Crippen molar-refractivity contribution in [2.75, 3.05) is 13.7 Å². The zero-order valence-electron chi connectivity index (χ0n) is 22.4. The number of imidazole rings is 1. The van der Waals surface area contributed by atoms with Crippen molar-refractivity contribution >= 4 is 17.8 Å². The Hall–Kier alpha value is -4.96. The maximum Gasteiger partial charge on any atom is 0.328 e. The minimum Gasteiger partial charge on any atom is -0.504 e. The van der Waals surface area contributed by atoms with E-state index in [-0.39, 0.29) is 18.9 Å². The number of aromatic amines is 1. The molecular weight excluding hydrogens is 510 g/mol. The number of methoxy groups -OCH3 is 1. The van der Waals surface area contributed by atoms with E-state index in [0.29, 0.717) is 17.0 Å². The topological polar surface area (TPSA) is 165 Å². The van der Waals surface area contributed by atoms with Crippen molar-refractivity contribution in [2.45, 2.75) is 25.4 Å². The fourth-order valence-corrected chi connectivity index (χ4v) is 4.00. The third-order valence-electron chi connectivity index (χ3n) is 6.16. The van der Waals surface area contributed by atoms with Crippen LogP contribution in [0.15, 0.2) is 96.9 Å². The summed E-state index contributed by atoms with van der Waals surface area (Å²) in [7, 11) is 1.49. The molecule has 10 nitrogen and oxygen atoms in total. The molecule has 0 aliphatic heterocycles. The molecule has 208 valence electrons. The largest absolute Gasteiger partial charge is 0.504 e. The minimum atomic E-state index is -1.12. The third kappa shape index (κ3) is 8.27. The molecule has 0 spiro atoms. The summed E-state index contributed by atoms with van der Waals surface area (Å²) in [6.07, 6.45) is 9.03. The van der Waals surface area contributed by atoms with Gasteiger partial charge >= 0.3 is 5.97 Å². The molecule has 10 heteroatoms. The second-order valence-corrected chi connectivity index (χ2v) is 9.04. The number of carboxylic acid groups (broad SMARTS) is 1. The van der Waals surface area contributed by atoms with Crippen LogP contribution in [0.2, 0.25) is 0 Å². The van der Waals surface area contributed by atoms with Crippen LogP contribution < -0.4 is 11.5 Å². The summed E-state index contributed by atoms with van der Waals surface area (Å²) < 4.78 is 4.95. The average molecular weight is 544 g/mol. The van der Waals surface area contributed by atoms with Gasteiger partial charge in [-0.05, 0) is 48.3 Å². The predicted molar refractivity (Wildman–Crippen MR) is 152 cm³/mol. The van der Waals surface area contributed by atoms with E-state index in [1.807, 2.05) is 37.3 Å². The van der Waals surface area contributed by atoms with Crippen LogP contribution in [0.3, 0.4) is 0 Å². The standard InChI is InChI=1S/C30H33N5O5/c1-20(29-33-18-26(34-29)23-8-4-3-5-9-23)35(19-22(7-6-16-40-2)12-15-27(36)37)30(39)25(31)17-21-10-13-24(14-11-21)28(32)38/h3-16,18,20,25H,17,19,31H2,1-2H3,(H2,32,38)(H,33,34)(H,36,37)/b15-12+,16-6+,22-7+/t20-,25-/m0/s1. The number of ether oxygens (including phenoxy) is 1. The van der Waals surface area contributed by atoms with Crippen molar-refractivity contribution in [1.82, 2.24) is 14.9 Å². The fourth-order valence-electron chi connectivity index (χ4n) is 4.00. The van der Waals surface area contributed by atoms with Crippen LogP contribution in [0.25, 0.3) is 11.3 Å². The molecule has 0 fully saturated rings. The number of carbonyl (C=O) groups is 3. The van der Waals surface area contributed by atoms with Gasteiger partial charge in [0.1, 0.15) is 5.82 Å². The first-order chi connectivity index (χ1) is 19.2. The van der Waals surface area contributed by atoms with Crippen LogP contribution in [-0.4, -0.2) is 57.5 Å². The molecule has 0 saturated heterocycles. The van der Waals surface area contributed by atoms with Crippen LogP contribution in [0.1, 0.15) is 34.7 Å². The summed E-state index contributed by atoms with van der Waals surface area (Å²) >= 11 is 0. The molecule has 0 aliphatic carbocycles. The summed E-state index contributed by atoms with van der Waals surface area (Å²) in [6.45, 7) is 1.87. The van der Waals surface area contributed by atoms with E-state index in [1.54, 1.807) is 47.5 Å². The number of nitrogens with zero attached hydrogens (tertiary/aromatic N) is 2. The van der Waals surface area contributed by atoms with Gasteiger partial charge in [-0.2, -0.15) is 0 Å². The van der Waals surface area contributed by atoms with Crippen molar-refractivity contribution in [1.29, 1.82) is 0 Å². The van der Waals surface area contributed by atoms with Gasteiger partial charge in [0.15, 0.2) is 0 Å². The van der Waals surface area contributed by atoms with Gasteiger partial charge in [0.2, 0.25) is 11.8 Å². The molecule has 0 saturated carbocycles. The molecule has 40 heavy (non-hydrogen) atoms. The van der Waals surface area contributed by atoms with Gasteiger partial charge in [-0.3, -0.25) is 9.59 Å². The van der Waals surface area contributed by atoms with E-state index in [1.165, 1.54) is 19.4 Å². The predicted octanol–water partition coefficient (Wildman–Crippen LogP) is 3.36. The smallest absolute Gasteiger partial charge is 0.328 e. The number of aromatic nitrogens is 2. The van der Waals surface area contributed by atoms with E-state index in [4.69, 9.17) is 16.2 Å². The molecule has 6 N–H and O–H groups in total. The van der Waals surface area contributed by atoms with Crippen molar-refractivity contribution in [3.05, 3.63) is 114 Å². The number of nitrogens with two attached hydrogens (primary N) is 2. The Morgan fingerprint density at radius 3 is 2.42 bits per heavy atom. The number of amides is 2. The Balaban J connectivity index is 1.93. The van der Waals surface area contributed by atoms with Gasteiger partial charge in [-0.15, -0.1) is 0 Å². The van der Waals surface area contributed by atoms with Gasteiger partial charge in [0.25, 0.3) is 0 Å². The van der Waals surface area contributed by atoms with Gasteiger partial charge < -0.3 is 31.2 Å². The molecule has 0 bridgehead atoms. The molecule has 2 atom stereocenters. The molecule has 3 aromatic rings. The van der Waals surface area contributed by atoms with E-state index in [0.717, 1.165) is 22.9 Å². The lowest BCUT2D eigenvalue weighted by atomic mass is 10.0. The first kappa shape index (κ1) is 29.6. The van der Waals surface area contributed by atoms with Crippen LogP contribution in [0.5, 0.6) is 0 Å². The van der Waals surface area contributed by atoms with Crippen molar-refractivity contribution in [3.63, 3.8) is 0 Å². The average Bonchev–Trinajstić information content (AvgIpc) is 3.45. The lowest BCUT2D eigenvalue weighted by molar-refractivity contribution is -0.134. The van der Waals surface area contributed by atoms with Gasteiger partial charge in [-0.1, -0.05) is 54.6 Å². The Kier molecular flexibility index (Phi) is 10.6. The summed E-state index contributed by atoms with van der Waals surface area (Å²) in [4.78, 5) is 45.8. The number of hydrogen-bond donors (Lipinski definition) is 4. The molecule has 1 aromatic heterocycles. The minimum absolute atomic E-state index is 0.0491. The Morgan fingerprint density at radius 2 is 1.80 bits per heavy atom. The van der Waals surface area contributed by atoms with Gasteiger partial charge in [0, 0.05) is 18.2 Å². The quantitative estimate of drug-likeness (QED) is 0.146. The number of nitrogens with one attached hydrogen (secondary N) is 1. The highest BCUT2D eigenvalue weighted by molar-refractivity contribution is 5.92. The van der Waals surface area contributed by atoms with Gasteiger partial charge in [0.05, 0.1) is 37.3 Å². The third-order valence-corrected chi connectivity index (χ3v) is 6.16. The lowest BCUT2D eigenvalue weighted by Crippen LogP contribution is -2.46. The summed E-state index contributed by atoms with van der Waals surface area (Å²) in [5, 5.41) is 9.18. The zero-order chi connectivity index (χ0) is 29.1. The second-order valence-electron chi connectivity index (χ2n) is 9.04. The normalized spacial score (nSPS) is 13.3. The van der Waals surface area contributed by atoms with Crippen LogP contribution in [0, 0.1) is 0 Å². The maximum absolute atomic E-state index is 13.8. The maximum atomic E-state index is 13.8. The van der Waals surface area contributed by atoms with Crippen LogP contribution in [-0.2, 0) is 20.7 Å². The number of aliphatic carboxylic acids is 1. The summed E-state index contributed by atoms with van der Waals surface area (Å²) in [5.74, 6) is -1.49. The Bertz CT molecular complexity index is 1390. The number of carboxylic acids is 1. The number of primary amides is 1. The first-order valence-corrected chi connectivity index (χ1v) is 12.5. The number of H-pyrrole nitrogens is 1. The van der Waals surface area contributed by atoms with E-state index < -0.39 is 24.0 Å². The van der Waals surface area contributed by atoms with Crippen molar-refractivity contribution in [3.8, 4) is 11.3 Å². The van der Waals surface area contributed by atoms with Crippen molar-refractivity contribution in [2.24, 2.45) is 11.5 Å². The Morgan fingerprint density at radius 1 is 1.10 bits per heavy atom. The highest BCUT2D eigenvalue weighted by Crippen LogP contribution is 2.24. The molecule has 0 aliphatic rings. The van der Waals surface area contributed by atoms with E-state index in [9.17, 15) is 19.5 Å². The molecule has 0 unspecified atom stereocenters. The SMILES string of the molecule is CO/C=C/C=C(\C=C\C(=O)O)CN(C(=O)[C@@H](N)Cc1ccc(C(N)=O)cc1)[C@@H](C)c1ncc(-c2ccccc2)[nH]1. The molecule has 2 aromatic carbocycles. The fraction of sp³-hybridized carbons (Fsp3) is 0.200. The lowest BCUT2D eigenvalue weighted by Gasteiger charge is -2.31. The monoisotopic (exact) mass is 543 g/mol. The second kappa shape index (κ2) is 14.3. The van der Waals surface area contributed by atoms with E-state index >= 15 is 0 Å². The van der Waals surface area contributed by atoms with Gasteiger partial charge in [-0.25, -0.2) is 9.78 Å². The summed E-state index contributed by atoms with van der Waals surface area (Å²) in [5.41, 5.74) is 15.1. The first-order valence-electron chi connectivity index (χ1n) is 12.5. The number of rotatable bonds is 13. The van der Waals surface area contributed by atoms with Crippen LogP contribution in [0.4, 0.5) is 0 Å². The molecular formula is C30H33N5O5. The molecule has 1 heterocycles. The molecule has 3 rings (SSSR count). The van der Waals surface area contributed by atoms with Crippen LogP contribution >= 0.6 is 0 Å². The molecule has 0 radical (unpaired) electrons. The Labute approximate surface area is 232 Å². The van der Waals surface area contributed by atoms with Crippen molar-refractivity contribution < 1.29 is 24.2 Å². The highest BCUT2D eigenvalue weighted by atomic mass is 16.5. The molecule has 2 amide bonds.